The normalized spacial score (nSPS) is 32.5. The van der Waals surface area contributed by atoms with E-state index in [1.807, 2.05) is 6.07 Å². The summed E-state index contributed by atoms with van der Waals surface area (Å²) in [6, 6.07) is 6.72. The molecule has 4 nitrogen and oxygen atoms in total. The van der Waals surface area contributed by atoms with Gasteiger partial charge in [0.25, 0.3) is 0 Å². The largest absolute Gasteiger partial charge is 0.497 e. The monoisotopic (exact) mass is 322 g/mol. The minimum atomic E-state index is 0.0572. The van der Waals surface area contributed by atoms with E-state index in [0.717, 1.165) is 25.1 Å². The number of fused-ring (bicyclic) bond motifs is 4. The summed E-state index contributed by atoms with van der Waals surface area (Å²) in [5.74, 6) is 1.45. The molecule has 0 spiro atoms. The third-order valence-corrected chi connectivity index (χ3v) is 6.39. The van der Waals surface area contributed by atoms with Crippen LogP contribution in [-0.2, 0) is 18.3 Å². The smallest absolute Gasteiger partial charge is 0.157 e. The molecule has 24 heavy (non-hydrogen) atoms. The van der Waals surface area contributed by atoms with Crippen LogP contribution in [0.3, 0.4) is 0 Å². The minimum absolute atomic E-state index is 0.0572. The van der Waals surface area contributed by atoms with Gasteiger partial charge in [-0.2, -0.15) is 0 Å². The third kappa shape index (κ3) is 1.59. The summed E-state index contributed by atoms with van der Waals surface area (Å²) in [7, 11) is 3.87. The van der Waals surface area contributed by atoms with Crippen LogP contribution in [0.5, 0.6) is 5.75 Å². The van der Waals surface area contributed by atoms with E-state index in [-0.39, 0.29) is 12.0 Å². The van der Waals surface area contributed by atoms with Crippen molar-refractivity contribution in [2.24, 2.45) is 13.0 Å². The lowest BCUT2D eigenvalue weighted by molar-refractivity contribution is -0.137. The fraction of sp³-hybridized carbons (Fsp3) is 0.450. The SMILES string of the molecule is C/C=C1/CN2[C@H]3Cc4c(n(C)c5ccc(OC)cc45)[C@@H]2C[C@@H]1C3=O. The molecule has 4 aliphatic rings. The van der Waals surface area contributed by atoms with Crippen LogP contribution in [0.1, 0.15) is 30.6 Å². The molecule has 0 radical (unpaired) electrons. The third-order valence-electron chi connectivity index (χ3n) is 6.39. The van der Waals surface area contributed by atoms with Crippen molar-refractivity contribution in [3.05, 3.63) is 41.1 Å². The van der Waals surface area contributed by atoms with Gasteiger partial charge >= 0.3 is 0 Å². The number of Topliss-reactive ketones (excluding diaryl/α,β-unsaturated/α-hetero) is 1. The maximum absolute atomic E-state index is 12.9. The zero-order chi connectivity index (χ0) is 16.6. The number of aromatic nitrogens is 1. The Labute approximate surface area is 141 Å². The Kier molecular flexibility index (Phi) is 2.82. The summed E-state index contributed by atoms with van der Waals surface area (Å²) < 4.78 is 7.76. The number of ether oxygens (including phenoxy) is 1. The van der Waals surface area contributed by atoms with Crippen LogP contribution in [0.15, 0.2) is 29.8 Å². The number of hydrogen-bond donors (Lipinski definition) is 0. The number of benzene rings is 1. The Balaban J connectivity index is 1.73. The molecule has 3 fully saturated rings. The molecule has 1 unspecified atom stereocenters. The first-order valence-corrected chi connectivity index (χ1v) is 8.73. The number of methoxy groups -OCH3 is 1. The predicted molar refractivity (Wildman–Crippen MR) is 93.3 cm³/mol. The molecule has 0 saturated carbocycles. The van der Waals surface area contributed by atoms with Crippen LogP contribution in [0, 0.1) is 5.92 Å². The lowest BCUT2D eigenvalue weighted by Gasteiger charge is -2.53. The van der Waals surface area contributed by atoms with Crippen LogP contribution in [0.4, 0.5) is 0 Å². The highest BCUT2D eigenvalue weighted by atomic mass is 16.5. The van der Waals surface area contributed by atoms with Crippen molar-refractivity contribution in [2.75, 3.05) is 13.7 Å². The second-order valence-electron chi connectivity index (χ2n) is 7.27. The molecule has 4 aliphatic heterocycles. The number of allylic oxidation sites excluding steroid dienone is 1. The van der Waals surface area contributed by atoms with Crippen LogP contribution >= 0.6 is 0 Å². The van der Waals surface area contributed by atoms with Gasteiger partial charge in [0, 0.05) is 36.1 Å². The van der Waals surface area contributed by atoms with Crippen LogP contribution < -0.4 is 4.74 Å². The molecule has 0 aliphatic carbocycles. The average molecular weight is 322 g/mol. The van der Waals surface area contributed by atoms with E-state index in [4.69, 9.17) is 4.74 Å². The van der Waals surface area contributed by atoms with Crippen molar-refractivity contribution in [3.63, 3.8) is 0 Å². The van der Waals surface area contributed by atoms with Crippen LogP contribution in [-0.4, -0.2) is 34.9 Å². The van der Waals surface area contributed by atoms with Crippen molar-refractivity contribution >= 4 is 16.7 Å². The molecule has 4 heteroatoms. The van der Waals surface area contributed by atoms with E-state index in [1.54, 1.807) is 7.11 Å². The Morgan fingerprint density at radius 2 is 2.12 bits per heavy atom. The Morgan fingerprint density at radius 1 is 1.29 bits per heavy atom. The number of piperidine rings is 3. The Bertz CT molecular complexity index is 908. The molecular weight excluding hydrogens is 300 g/mol. The summed E-state index contributed by atoms with van der Waals surface area (Å²) in [5.41, 5.74) is 5.32. The van der Waals surface area contributed by atoms with Gasteiger partial charge in [-0.15, -0.1) is 0 Å². The second-order valence-corrected chi connectivity index (χ2v) is 7.27. The molecular formula is C20H22N2O2. The van der Waals surface area contributed by atoms with Gasteiger partial charge in [-0.1, -0.05) is 6.08 Å². The van der Waals surface area contributed by atoms with E-state index in [1.165, 1.54) is 27.7 Å². The summed E-state index contributed by atoms with van der Waals surface area (Å²) >= 11 is 0. The van der Waals surface area contributed by atoms with Gasteiger partial charge in [-0.25, -0.2) is 0 Å². The molecule has 3 saturated heterocycles. The van der Waals surface area contributed by atoms with Gasteiger partial charge in [-0.05, 0) is 49.1 Å². The number of carbonyl (C=O) groups excluding carboxylic acids is 1. The first kappa shape index (κ1) is 14.3. The minimum Gasteiger partial charge on any atom is -0.497 e. The summed E-state index contributed by atoms with van der Waals surface area (Å²) in [5, 5.41) is 1.25. The predicted octanol–water partition coefficient (Wildman–Crippen LogP) is 3.00. The fourth-order valence-corrected chi connectivity index (χ4v) is 5.22. The van der Waals surface area contributed by atoms with E-state index >= 15 is 0 Å². The van der Waals surface area contributed by atoms with E-state index < -0.39 is 0 Å². The molecule has 2 aromatic rings. The van der Waals surface area contributed by atoms with Crippen molar-refractivity contribution in [3.8, 4) is 5.75 Å². The number of rotatable bonds is 1. The number of carbonyl (C=O) groups is 1. The summed E-state index contributed by atoms with van der Waals surface area (Å²) in [6.07, 6.45) is 3.92. The Hall–Kier alpha value is -2.07. The molecule has 1 aromatic heterocycles. The zero-order valence-electron chi connectivity index (χ0n) is 14.4. The maximum atomic E-state index is 12.9. The summed E-state index contributed by atoms with van der Waals surface area (Å²) in [4.78, 5) is 15.4. The zero-order valence-corrected chi connectivity index (χ0v) is 14.4. The Morgan fingerprint density at radius 3 is 2.88 bits per heavy atom. The molecule has 1 aromatic carbocycles. The quantitative estimate of drug-likeness (QED) is 0.757. The number of ketones is 1. The number of hydrogen-bond acceptors (Lipinski definition) is 3. The van der Waals surface area contributed by atoms with E-state index in [2.05, 4.69) is 41.6 Å². The highest BCUT2D eigenvalue weighted by Gasteiger charge is 2.52. The standard InChI is InChI=1S/C20H22N2O2/c1-4-11-10-22-17-8-13(11)20(23)18(22)9-15-14-7-12(24-3)5-6-16(14)21(2)19(15)17/h4-7,13,17-18H,8-10H2,1-3H3/b11-4-/t13-,17-,18-/m0/s1. The highest BCUT2D eigenvalue weighted by molar-refractivity contribution is 5.94. The van der Waals surface area contributed by atoms with Gasteiger partial charge in [-0.3, -0.25) is 9.69 Å². The van der Waals surface area contributed by atoms with Crippen LogP contribution in [0.25, 0.3) is 10.9 Å². The van der Waals surface area contributed by atoms with E-state index in [9.17, 15) is 4.79 Å². The lowest BCUT2D eigenvalue weighted by Crippen LogP contribution is -2.60. The number of aryl methyl sites for hydroxylation is 1. The van der Waals surface area contributed by atoms with Crippen LogP contribution in [0.2, 0.25) is 0 Å². The fourth-order valence-electron chi connectivity index (χ4n) is 5.22. The number of nitrogens with zero attached hydrogens (tertiary/aromatic N) is 2. The van der Waals surface area contributed by atoms with Gasteiger partial charge in [0.1, 0.15) is 5.75 Å². The molecule has 6 rings (SSSR count). The van der Waals surface area contributed by atoms with E-state index in [0.29, 0.717) is 11.8 Å². The topological polar surface area (TPSA) is 34.5 Å². The lowest BCUT2D eigenvalue weighted by atomic mass is 9.69. The maximum Gasteiger partial charge on any atom is 0.157 e. The van der Waals surface area contributed by atoms with Gasteiger partial charge in [0.05, 0.1) is 19.2 Å². The molecule has 4 bridgehead atoms. The molecule has 0 amide bonds. The molecule has 4 atom stereocenters. The molecule has 0 N–H and O–H groups in total. The molecule has 124 valence electrons. The average Bonchev–Trinajstić information content (AvgIpc) is 2.90. The molecule has 5 heterocycles. The van der Waals surface area contributed by atoms with Crippen molar-refractivity contribution in [2.45, 2.75) is 31.8 Å². The second kappa shape index (κ2) is 4.73. The van der Waals surface area contributed by atoms with Crippen molar-refractivity contribution < 1.29 is 9.53 Å². The van der Waals surface area contributed by atoms with Crippen molar-refractivity contribution in [1.82, 2.24) is 9.47 Å². The highest BCUT2D eigenvalue weighted by Crippen LogP contribution is 2.51. The van der Waals surface area contributed by atoms with Crippen molar-refractivity contribution in [1.29, 1.82) is 0 Å². The summed E-state index contributed by atoms with van der Waals surface area (Å²) in [6.45, 7) is 3.02. The first-order valence-electron chi connectivity index (χ1n) is 8.73. The first-order chi connectivity index (χ1) is 11.6. The van der Waals surface area contributed by atoms with Gasteiger partial charge in [0.15, 0.2) is 5.78 Å². The van der Waals surface area contributed by atoms with Gasteiger partial charge in [0.2, 0.25) is 0 Å². The van der Waals surface area contributed by atoms with Gasteiger partial charge < -0.3 is 9.30 Å².